The van der Waals surface area contributed by atoms with Crippen LogP contribution >= 0.6 is 11.3 Å². The van der Waals surface area contributed by atoms with Gasteiger partial charge in [-0.25, -0.2) is 0 Å². The number of nitrogens with one attached hydrogen (secondary N) is 2. The summed E-state index contributed by atoms with van der Waals surface area (Å²) in [6.07, 6.45) is 5.87. The first-order chi connectivity index (χ1) is 11.3. The Morgan fingerprint density at radius 2 is 2.04 bits per heavy atom. The Balaban J connectivity index is 1.43. The van der Waals surface area contributed by atoms with Gasteiger partial charge in [-0.1, -0.05) is 24.3 Å². The minimum atomic E-state index is 0.0780. The van der Waals surface area contributed by atoms with E-state index in [0.29, 0.717) is 6.54 Å². The highest BCUT2D eigenvalue weighted by Gasteiger charge is 2.21. The first-order valence-corrected chi connectivity index (χ1v) is 9.34. The van der Waals surface area contributed by atoms with Crippen molar-refractivity contribution in [3.05, 3.63) is 56.8 Å². The topological polar surface area (TPSA) is 41.1 Å². The fraction of sp³-hybridized carbons (Fsp3) is 0.421. The fourth-order valence-electron chi connectivity index (χ4n) is 3.66. The molecule has 1 atom stereocenters. The van der Waals surface area contributed by atoms with Gasteiger partial charge in [0.25, 0.3) is 5.91 Å². The summed E-state index contributed by atoms with van der Waals surface area (Å²) in [4.78, 5) is 14.8. The summed E-state index contributed by atoms with van der Waals surface area (Å²) in [6.45, 7) is 1.63. The number of aryl methyl sites for hydroxylation is 2. The minimum Gasteiger partial charge on any atom is -0.349 e. The molecule has 1 aliphatic carbocycles. The molecule has 0 spiro atoms. The van der Waals surface area contributed by atoms with Crippen molar-refractivity contribution in [3.8, 4) is 0 Å². The van der Waals surface area contributed by atoms with Crippen molar-refractivity contribution in [2.45, 2.75) is 38.1 Å². The van der Waals surface area contributed by atoms with E-state index in [4.69, 9.17) is 0 Å². The lowest BCUT2D eigenvalue weighted by Crippen LogP contribution is -2.38. The molecule has 1 unspecified atom stereocenters. The second-order valence-electron chi connectivity index (χ2n) is 6.43. The monoisotopic (exact) mass is 326 g/mol. The highest BCUT2D eigenvalue weighted by molar-refractivity contribution is 7.14. The standard InChI is InChI=1S/C19H22N2OS/c22-19(18-11-14-6-2-4-8-17(14)23-18)21-12-16-15-7-3-1-5-13(15)9-10-20-16/h1,3,5,7,11,16,20H,2,4,6,8-10,12H2,(H,21,22). The van der Waals surface area contributed by atoms with Gasteiger partial charge in [-0.3, -0.25) is 4.79 Å². The van der Waals surface area contributed by atoms with Crippen LogP contribution in [0, 0.1) is 0 Å². The van der Waals surface area contributed by atoms with Crippen molar-refractivity contribution < 1.29 is 4.79 Å². The van der Waals surface area contributed by atoms with Crippen LogP contribution in [-0.2, 0) is 19.3 Å². The number of hydrogen-bond donors (Lipinski definition) is 2. The van der Waals surface area contributed by atoms with E-state index in [9.17, 15) is 4.79 Å². The lowest BCUT2D eigenvalue weighted by molar-refractivity contribution is 0.0953. The van der Waals surface area contributed by atoms with Gasteiger partial charge in [0.05, 0.1) is 4.88 Å². The lowest BCUT2D eigenvalue weighted by Gasteiger charge is -2.27. The van der Waals surface area contributed by atoms with Gasteiger partial charge in [0, 0.05) is 17.5 Å². The van der Waals surface area contributed by atoms with Crippen LogP contribution in [0.25, 0.3) is 0 Å². The third kappa shape index (κ3) is 3.06. The van der Waals surface area contributed by atoms with Gasteiger partial charge in [0.2, 0.25) is 0 Å². The number of benzene rings is 1. The van der Waals surface area contributed by atoms with E-state index in [1.165, 1.54) is 34.4 Å². The molecule has 0 saturated heterocycles. The third-order valence-corrected chi connectivity index (χ3v) is 6.14. The van der Waals surface area contributed by atoms with E-state index >= 15 is 0 Å². The summed E-state index contributed by atoms with van der Waals surface area (Å²) >= 11 is 1.68. The maximum Gasteiger partial charge on any atom is 0.261 e. The molecule has 4 rings (SSSR count). The van der Waals surface area contributed by atoms with Gasteiger partial charge in [0.1, 0.15) is 0 Å². The Morgan fingerprint density at radius 1 is 1.17 bits per heavy atom. The zero-order valence-electron chi connectivity index (χ0n) is 13.2. The minimum absolute atomic E-state index is 0.0780. The zero-order valence-corrected chi connectivity index (χ0v) is 14.0. The zero-order chi connectivity index (χ0) is 15.6. The van der Waals surface area contributed by atoms with Gasteiger partial charge in [-0.15, -0.1) is 11.3 Å². The summed E-state index contributed by atoms with van der Waals surface area (Å²) in [5.74, 6) is 0.0780. The molecule has 2 N–H and O–H groups in total. The van der Waals surface area contributed by atoms with Crippen molar-refractivity contribution in [3.63, 3.8) is 0 Å². The predicted molar refractivity (Wildman–Crippen MR) is 94.2 cm³/mol. The van der Waals surface area contributed by atoms with Gasteiger partial charge in [0.15, 0.2) is 0 Å². The summed E-state index contributed by atoms with van der Waals surface area (Å²) in [5.41, 5.74) is 4.12. The summed E-state index contributed by atoms with van der Waals surface area (Å²) < 4.78 is 0. The molecule has 2 aromatic rings. The van der Waals surface area contributed by atoms with E-state index in [1.807, 2.05) is 0 Å². The number of rotatable bonds is 3. The Kier molecular flexibility index (Phi) is 4.19. The maximum atomic E-state index is 12.5. The molecule has 120 valence electrons. The molecule has 0 radical (unpaired) electrons. The quantitative estimate of drug-likeness (QED) is 0.909. The van der Waals surface area contributed by atoms with Crippen molar-refractivity contribution in [2.75, 3.05) is 13.1 Å². The number of thiophene rings is 1. The average Bonchev–Trinajstić information content (AvgIpc) is 3.04. The number of hydrogen-bond acceptors (Lipinski definition) is 3. The van der Waals surface area contributed by atoms with Crippen molar-refractivity contribution >= 4 is 17.2 Å². The molecule has 1 aromatic carbocycles. The van der Waals surface area contributed by atoms with E-state index < -0.39 is 0 Å². The molecule has 0 saturated carbocycles. The van der Waals surface area contributed by atoms with Crippen LogP contribution in [0.1, 0.15) is 50.1 Å². The Hall–Kier alpha value is -1.65. The van der Waals surface area contributed by atoms with E-state index in [0.717, 1.165) is 30.7 Å². The number of carbonyl (C=O) groups is 1. The van der Waals surface area contributed by atoms with Crippen molar-refractivity contribution in [1.29, 1.82) is 0 Å². The van der Waals surface area contributed by atoms with Crippen LogP contribution < -0.4 is 10.6 Å². The van der Waals surface area contributed by atoms with Crippen LogP contribution in [0.5, 0.6) is 0 Å². The molecule has 2 aliphatic rings. The summed E-state index contributed by atoms with van der Waals surface area (Å²) in [5, 5.41) is 6.65. The number of fused-ring (bicyclic) bond motifs is 2. The molecule has 0 fully saturated rings. The number of amides is 1. The van der Waals surface area contributed by atoms with Gasteiger partial charge < -0.3 is 10.6 Å². The molecule has 0 bridgehead atoms. The molecule has 1 amide bonds. The Labute approximate surface area is 141 Å². The largest absolute Gasteiger partial charge is 0.349 e. The third-order valence-electron chi connectivity index (χ3n) is 4.90. The van der Waals surface area contributed by atoms with Gasteiger partial charge in [-0.2, -0.15) is 0 Å². The van der Waals surface area contributed by atoms with Crippen LogP contribution in [0.2, 0.25) is 0 Å². The number of carbonyl (C=O) groups excluding carboxylic acids is 1. The first kappa shape index (κ1) is 14.9. The highest BCUT2D eigenvalue weighted by atomic mass is 32.1. The molecule has 2 heterocycles. The van der Waals surface area contributed by atoms with Crippen LogP contribution in [0.3, 0.4) is 0 Å². The van der Waals surface area contributed by atoms with Crippen LogP contribution in [0.15, 0.2) is 30.3 Å². The SMILES string of the molecule is O=C(NCC1NCCc2ccccc21)c1cc2c(s1)CCCC2. The van der Waals surface area contributed by atoms with Crippen molar-refractivity contribution in [1.82, 2.24) is 10.6 Å². The first-order valence-electron chi connectivity index (χ1n) is 8.52. The van der Waals surface area contributed by atoms with Crippen LogP contribution in [0.4, 0.5) is 0 Å². The van der Waals surface area contributed by atoms with E-state index in [-0.39, 0.29) is 11.9 Å². The summed E-state index contributed by atoms with van der Waals surface area (Å²) in [7, 11) is 0. The smallest absolute Gasteiger partial charge is 0.261 e. The molecule has 1 aromatic heterocycles. The molecule has 1 aliphatic heterocycles. The predicted octanol–water partition coefficient (Wildman–Crippen LogP) is 3.24. The fourth-order valence-corrected chi connectivity index (χ4v) is 4.83. The van der Waals surface area contributed by atoms with Gasteiger partial charge in [-0.05, 0) is 61.4 Å². The Bertz CT molecular complexity index is 698. The highest BCUT2D eigenvalue weighted by Crippen LogP contribution is 2.29. The maximum absolute atomic E-state index is 12.5. The average molecular weight is 326 g/mol. The molecule has 4 heteroatoms. The van der Waals surface area contributed by atoms with E-state index in [2.05, 4.69) is 41.0 Å². The molecular formula is C19H22N2OS. The second-order valence-corrected chi connectivity index (χ2v) is 7.57. The molecular weight excluding hydrogens is 304 g/mol. The second kappa shape index (κ2) is 6.46. The molecule has 3 nitrogen and oxygen atoms in total. The normalized spacial score (nSPS) is 19.7. The van der Waals surface area contributed by atoms with E-state index in [1.54, 1.807) is 11.3 Å². The summed E-state index contributed by atoms with van der Waals surface area (Å²) in [6, 6.07) is 10.9. The molecule has 23 heavy (non-hydrogen) atoms. The van der Waals surface area contributed by atoms with Gasteiger partial charge >= 0.3 is 0 Å². The Morgan fingerprint density at radius 3 is 2.96 bits per heavy atom. The van der Waals surface area contributed by atoms with Crippen molar-refractivity contribution in [2.24, 2.45) is 0 Å². The van der Waals surface area contributed by atoms with Crippen LogP contribution in [-0.4, -0.2) is 19.0 Å². The lowest BCUT2D eigenvalue weighted by atomic mass is 9.94.